The minimum Gasteiger partial charge on any atom is -0.127 e. The average molecular weight is 314 g/mol. The predicted molar refractivity (Wildman–Crippen MR) is 69.3 cm³/mol. The summed E-state index contributed by atoms with van der Waals surface area (Å²) < 4.78 is 3.56. The maximum Gasteiger partial charge on any atom is 0.0195 e. The molecule has 2 heteroatoms. The number of hydrogen-bond acceptors (Lipinski definition) is 0. The van der Waals surface area contributed by atoms with Crippen molar-refractivity contribution in [2.24, 2.45) is 0 Å². The number of alkyl halides is 1. The summed E-state index contributed by atoms with van der Waals surface area (Å²) in [7, 11) is 0. The van der Waals surface area contributed by atoms with E-state index in [2.05, 4.69) is 38.2 Å². The summed E-state index contributed by atoms with van der Waals surface area (Å²) in [6.45, 7) is 6.41. The molecule has 0 heterocycles. The molecule has 16 heavy (non-hydrogen) atoms. The van der Waals surface area contributed by atoms with Crippen molar-refractivity contribution >= 4 is 11.6 Å². The first-order valence-electron chi connectivity index (χ1n) is 5.74. The van der Waals surface area contributed by atoms with Gasteiger partial charge in [-0.05, 0) is 0 Å². The minimum atomic E-state index is -0.385. The molecule has 0 spiro atoms. The first-order valence-corrected chi connectivity index (χ1v) is 8.73. The van der Waals surface area contributed by atoms with Crippen molar-refractivity contribution in [3.63, 3.8) is 0 Å². The monoisotopic (exact) mass is 312 g/mol. The Labute approximate surface area is 116 Å². The van der Waals surface area contributed by atoms with E-state index in [1.807, 2.05) is 6.92 Å². The normalized spacial score (nSPS) is 18.0. The molecule has 0 saturated carbocycles. The van der Waals surface area contributed by atoms with Crippen molar-refractivity contribution in [3.05, 3.63) is 42.0 Å². The zero-order valence-electron chi connectivity index (χ0n) is 10.3. The maximum atomic E-state index is 5.00. The fourth-order valence-electron chi connectivity index (χ4n) is 1.71. The molecule has 0 nitrogen and oxygen atoms in total. The van der Waals surface area contributed by atoms with E-state index in [1.165, 1.54) is 12.8 Å². The second-order valence-electron chi connectivity index (χ2n) is 3.93. The van der Waals surface area contributed by atoms with Crippen LogP contribution >= 0.6 is 11.6 Å². The molecule has 0 amide bonds. The van der Waals surface area contributed by atoms with Crippen LogP contribution in [0.4, 0.5) is 0 Å². The Kier molecular flexibility index (Phi) is 6.62. The molecule has 0 saturated heterocycles. The van der Waals surface area contributed by atoms with Gasteiger partial charge in [0.2, 0.25) is 0 Å². The van der Waals surface area contributed by atoms with Gasteiger partial charge in [-0.1, -0.05) is 6.92 Å². The molecule has 0 aromatic rings. The Morgan fingerprint density at radius 1 is 1.06 bits per heavy atom. The van der Waals surface area contributed by atoms with Gasteiger partial charge in [0.25, 0.3) is 0 Å². The molecule has 2 aliphatic carbocycles. The molecule has 0 fully saturated rings. The van der Waals surface area contributed by atoms with Crippen LogP contribution in [0.2, 0.25) is 0 Å². The Morgan fingerprint density at radius 3 is 1.69 bits per heavy atom. The van der Waals surface area contributed by atoms with E-state index >= 15 is 0 Å². The van der Waals surface area contributed by atoms with Gasteiger partial charge in [-0.3, -0.25) is 0 Å². The van der Waals surface area contributed by atoms with Crippen molar-refractivity contribution < 1.29 is 23.2 Å². The van der Waals surface area contributed by atoms with Crippen LogP contribution in [0.15, 0.2) is 42.0 Å². The Bertz CT molecular complexity index is 325. The molecule has 0 atom stereocenters. The zero-order chi connectivity index (χ0) is 12.0. The van der Waals surface area contributed by atoms with Crippen LogP contribution in [-0.4, -0.2) is 5.88 Å². The van der Waals surface area contributed by atoms with Crippen molar-refractivity contribution in [2.75, 3.05) is 5.88 Å². The van der Waals surface area contributed by atoms with Gasteiger partial charge in [0.1, 0.15) is 0 Å². The van der Waals surface area contributed by atoms with Gasteiger partial charge in [0.05, 0.1) is 0 Å². The summed E-state index contributed by atoms with van der Waals surface area (Å²) in [4.78, 5) is 0. The van der Waals surface area contributed by atoms with Crippen LogP contribution < -0.4 is 0 Å². The van der Waals surface area contributed by atoms with Gasteiger partial charge in [0, 0.05) is 5.88 Å². The maximum absolute atomic E-state index is 5.00. The van der Waals surface area contributed by atoms with Crippen LogP contribution in [0.25, 0.3) is 0 Å². The molecule has 0 bridgehead atoms. The van der Waals surface area contributed by atoms with Crippen molar-refractivity contribution in [1.82, 2.24) is 0 Å². The molecule has 0 radical (unpaired) electrons. The molecule has 0 N–H and O–H groups in total. The van der Waals surface area contributed by atoms with Gasteiger partial charge in [-0.25, -0.2) is 0 Å². The molecule has 2 aliphatic rings. The first kappa shape index (κ1) is 14.2. The molecule has 0 unspecified atom stereocenters. The summed E-state index contributed by atoms with van der Waals surface area (Å²) in [5.74, 6) is 0.722. The third kappa shape index (κ3) is 4.19. The summed E-state index contributed by atoms with van der Waals surface area (Å²) in [5, 5.41) is 0. The van der Waals surface area contributed by atoms with Gasteiger partial charge < -0.3 is 0 Å². The predicted octanol–water partition coefficient (Wildman–Crippen LogP) is 4.78. The third-order valence-electron chi connectivity index (χ3n) is 2.63. The number of hydrogen-bond donors (Lipinski definition) is 0. The summed E-state index contributed by atoms with van der Waals surface area (Å²) >= 11 is 4.61. The smallest absolute Gasteiger partial charge is 0.0195 e. The number of halogens is 1. The summed E-state index contributed by atoms with van der Waals surface area (Å²) in [6.07, 6.45) is 11.7. The van der Waals surface area contributed by atoms with Gasteiger partial charge in [-0.15, -0.1) is 11.6 Å². The van der Waals surface area contributed by atoms with Crippen LogP contribution in [-0.2, 0) is 23.2 Å². The third-order valence-corrected chi connectivity index (χ3v) is 7.06. The van der Waals surface area contributed by atoms with Gasteiger partial charge >= 0.3 is 91.9 Å². The van der Waals surface area contributed by atoms with Crippen molar-refractivity contribution in [2.45, 2.75) is 33.6 Å². The van der Waals surface area contributed by atoms with E-state index < -0.39 is 0 Å². The Hall–Kier alpha value is 0.133. The van der Waals surface area contributed by atoms with Gasteiger partial charge in [-0.2, -0.15) is 0 Å². The first-order chi connectivity index (χ1) is 7.69. The van der Waals surface area contributed by atoms with E-state index in [4.69, 9.17) is 11.6 Å². The van der Waals surface area contributed by atoms with Crippen LogP contribution in [0.1, 0.15) is 33.6 Å². The molecule has 2 rings (SSSR count). The van der Waals surface area contributed by atoms with E-state index in [0.717, 1.165) is 5.88 Å². The second-order valence-corrected chi connectivity index (χ2v) is 8.04. The molecular weight excluding hydrogens is 295 g/mol. The van der Waals surface area contributed by atoms with Crippen LogP contribution in [0.5, 0.6) is 0 Å². The van der Waals surface area contributed by atoms with Crippen LogP contribution in [0.3, 0.4) is 0 Å². The number of rotatable bonds is 2. The molecule has 86 valence electrons. The van der Waals surface area contributed by atoms with E-state index in [9.17, 15) is 0 Å². The average Bonchev–Trinajstić information content (AvgIpc) is 2.80. The van der Waals surface area contributed by atoms with E-state index in [-0.39, 0.29) is 23.2 Å². The molecule has 0 aromatic heterocycles. The Balaban J connectivity index is 0.000000386. The quantitative estimate of drug-likeness (QED) is 0.643. The topological polar surface area (TPSA) is 0 Å². The molecule has 0 aliphatic heterocycles. The van der Waals surface area contributed by atoms with E-state index in [0.29, 0.717) is 0 Å². The standard InChI is InChI=1S/2C6H7.C2H5Cl.Zr/c2*1-6-4-2-3-5-6;1-2-3;/h2*2,4H,3H2,1H3;2H2,1H3;. The van der Waals surface area contributed by atoms with E-state index in [1.54, 1.807) is 17.7 Å². The van der Waals surface area contributed by atoms with Crippen molar-refractivity contribution in [1.29, 1.82) is 0 Å². The zero-order valence-corrected chi connectivity index (χ0v) is 13.5. The molecular formula is C14H19ClZr. The number of allylic oxidation sites excluding steroid dienone is 8. The Morgan fingerprint density at radius 2 is 1.44 bits per heavy atom. The second kappa shape index (κ2) is 7.46. The SMILES string of the molecule is CC1=[C]([Zr][C]2=C(C)C=CC2)CC=C1.CCCl. The summed E-state index contributed by atoms with van der Waals surface area (Å²) in [6, 6.07) is 0. The summed E-state index contributed by atoms with van der Waals surface area (Å²) in [5.41, 5.74) is 3.11. The largest absolute Gasteiger partial charge is 0.127 e. The molecule has 0 aromatic carbocycles. The fourth-order valence-corrected chi connectivity index (χ4v) is 5.07. The van der Waals surface area contributed by atoms with Gasteiger partial charge in [0.15, 0.2) is 0 Å². The van der Waals surface area contributed by atoms with Crippen molar-refractivity contribution in [3.8, 4) is 0 Å². The minimum absolute atomic E-state index is 0.385. The van der Waals surface area contributed by atoms with Crippen LogP contribution in [0, 0.1) is 0 Å². The fraction of sp³-hybridized carbons (Fsp3) is 0.429.